The summed E-state index contributed by atoms with van der Waals surface area (Å²) < 4.78 is 16.0. The number of rotatable bonds is 14. The highest BCUT2D eigenvalue weighted by Crippen LogP contribution is 2.35. The number of benzene rings is 2. The summed E-state index contributed by atoms with van der Waals surface area (Å²) in [6.45, 7) is 2.62. The zero-order chi connectivity index (χ0) is 26.5. The number of nitrogens with zero attached hydrogens (tertiary/aromatic N) is 2. The lowest BCUT2D eigenvalue weighted by Gasteiger charge is -2.13. The van der Waals surface area contributed by atoms with Gasteiger partial charge in [-0.15, -0.1) is 0 Å². The molecule has 2 aromatic carbocycles. The summed E-state index contributed by atoms with van der Waals surface area (Å²) >= 11 is 1.23. The molecule has 0 saturated heterocycles. The number of unbranched alkanes of at least 4 members (excludes halogenated alkanes) is 5. The zero-order valence-corrected chi connectivity index (χ0v) is 22.6. The molecule has 0 radical (unpaired) electrons. The molecular weight excluding hydrogens is 484 g/mol. The van der Waals surface area contributed by atoms with E-state index >= 15 is 0 Å². The molecular formula is C30H34N2O4S. The van der Waals surface area contributed by atoms with Gasteiger partial charge in [-0.25, -0.2) is 4.98 Å². The van der Waals surface area contributed by atoms with Gasteiger partial charge in [0.1, 0.15) is 22.6 Å². The van der Waals surface area contributed by atoms with Crippen molar-refractivity contribution >= 4 is 17.7 Å². The normalized spacial score (nSPS) is 10.5. The molecule has 3 aromatic rings. The summed E-state index contributed by atoms with van der Waals surface area (Å²) in [5.41, 5.74) is 3.62. The maximum absolute atomic E-state index is 12.4. The van der Waals surface area contributed by atoms with Gasteiger partial charge in [0.25, 0.3) is 0 Å². The first-order valence-electron chi connectivity index (χ1n) is 12.6. The van der Waals surface area contributed by atoms with Gasteiger partial charge in [-0.1, -0.05) is 62.9 Å². The highest BCUT2D eigenvalue weighted by molar-refractivity contribution is 7.99. The summed E-state index contributed by atoms with van der Waals surface area (Å²) in [4.78, 5) is 17.2. The van der Waals surface area contributed by atoms with E-state index in [0.717, 1.165) is 41.0 Å². The Bertz CT molecular complexity index is 1190. The van der Waals surface area contributed by atoms with Gasteiger partial charge < -0.3 is 14.2 Å². The van der Waals surface area contributed by atoms with Crippen LogP contribution in [-0.2, 0) is 9.53 Å². The van der Waals surface area contributed by atoms with E-state index in [4.69, 9.17) is 19.2 Å². The molecule has 7 heteroatoms. The van der Waals surface area contributed by atoms with Crippen LogP contribution >= 0.6 is 11.8 Å². The maximum atomic E-state index is 12.4. The first kappa shape index (κ1) is 28.1. The predicted molar refractivity (Wildman–Crippen MR) is 148 cm³/mol. The molecule has 0 aliphatic heterocycles. The predicted octanol–water partition coefficient (Wildman–Crippen LogP) is 7.30. The number of esters is 1. The maximum Gasteiger partial charge on any atom is 0.316 e. The fourth-order valence-corrected chi connectivity index (χ4v) is 4.68. The van der Waals surface area contributed by atoms with E-state index in [1.54, 1.807) is 14.2 Å². The van der Waals surface area contributed by atoms with Crippen LogP contribution in [0.5, 0.6) is 11.5 Å². The number of hydrogen-bond acceptors (Lipinski definition) is 7. The van der Waals surface area contributed by atoms with E-state index in [2.05, 4.69) is 13.0 Å². The Kier molecular flexibility index (Phi) is 11.3. The van der Waals surface area contributed by atoms with Gasteiger partial charge in [-0.05, 0) is 54.4 Å². The Labute approximate surface area is 224 Å². The largest absolute Gasteiger partial charge is 0.497 e. The molecule has 0 spiro atoms. The summed E-state index contributed by atoms with van der Waals surface area (Å²) in [6.07, 6.45) is 6.79. The minimum Gasteiger partial charge on any atom is -0.497 e. The standard InChI is InChI=1S/C30H34N2O4S/c1-4-5-6-7-8-9-18-36-29(33)21-37-30-27(20-31)26(22-10-14-24(34-2)15-11-22)19-28(32-30)23-12-16-25(35-3)17-13-23/h10-17,19H,4-9,18,21H2,1-3H3. The fraction of sp³-hybridized carbons (Fsp3) is 0.367. The zero-order valence-electron chi connectivity index (χ0n) is 21.8. The van der Waals surface area contributed by atoms with E-state index in [1.165, 1.54) is 37.4 Å². The van der Waals surface area contributed by atoms with E-state index < -0.39 is 0 Å². The van der Waals surface area contributed by atoms with Crippen LogP contribution < -0.4 is 9.47 Å². The van der Waals surface area contributed by atoms with Gasteiger partial charge in [0.2, 0.25) is 0 Å². The van der Waals surface area contributed by atoms with Crippen LogP contribution in [0.4, 0.5) is 0 Å². The van der Waals surface area contributed by atoms with E-state index in [-0.39, 0.29) is 11.7 Å². The van der Waals surface area contributed by atoms with E-state index in [9.17, 15) is 10.1 Å². The van der Waals surface area contributed by atoms with Crippen molar-refractivity contribution in [3.8, 4) is 40.0 Å². The summed E-state index contributed by atoms with van der Waals surface area (Å²) in [6, 6.07) is 19.3. The third-order valence-electron chi connectivity index (χ3n) is 5.97. The van der Waals surface area contributed by atoms with Crippen molar-refractivity contribution in [3.05, 3.63) is 60.2 Å². The molecule has 0 aliphatic carbocycles. The minimum atomic E-state index is -0.301. The summed E-state index contributed by atoms with van der Waals surface area (Å²) in [7, 11) is 3.24. The van der Waals surface area contributed by atoms with E-state index in [0.29, 0.717) is 22.9 Å². The minimum absolute atomic E-state index is 0.0889. The number of pyridine rings is 1. The van der Waals surface area contributed by atoms with Crippen molar-refractivity contribution in [2.75, 3.05) is 26.6 Å². The molecule has 0 fully saturated rings. The number of nitriles is 1. The molecule has 0 saturated carbocycles. The fourth-order valence-electron chi connectivity index (χ4n) is 3.88. The molecule has 194 valence electrons. The van der Waals surface area contributed by atoms with Crippen LogP contribution in [0.3, 0.4) is 0 Å². The Hall–Kier alpha value is -3.50. The Morgan fingerprint density at radius 3 is 2.08 bits per heavy atom. The lowest BCUT2D eigenvalue weighted by Crippen LogP contribution is -2.09. The molecule has 0 amide bonds. The second-order valence-electron chi connectivity index (χ2n) is 8.58. The first-order valence-corrected chi connectivity index (χ1v) is 13.6. The molecule has 0 atom stereocenters. The topological polar surface area (TPSA) is 81.4 Å². The number of ether oxygens (including phenoxy) is 3. The third-order valence-corrected chi connectivity index (χ3v) is 6.92. The molecule has 3 rings (SSSR count). The Morgan fingerprint density at radius 1 is 0.892 bits per heavy atom. The van der Waals surface area contributed by atoms with Crippen molar-refractivity contribution in [3.63, 3.8) is 0 Å². The van der Waals surface area contributed by atoms with Crippen LogP contribution in [0, 0.1) is 11.3 Å². The Morgan fingerprint density at radius 2 is 1.49 bits per heavy atom. The van der Waals surface area contributed by atoms with Gasteiger partial charge in [0.15, 0.2) is 0 Å². The van der Waals surface area contributed by atoms with Gasteiger partial charge in [0.05, 0.1) is 37.8 Å². The van der Waals surface area contributed by atoms with Crippen molar-refractivity contribution in [2.24, 2.45) is 0 Å². The number of carbonyl (C=O) groups is 1. The number of carbonyl (C=O) groups excluding carboxylic acids is 1. The lowest BCUT2D eigenvalue weighted by atomic mass is 9.99. The van der Waals surface area contributed by atoms with Gasteiger partial charge in [0, 0.05) is 11.1 Å². The van der Waals surface area contributed by atoms with Crippen LogP contribution in [0.25, 0.3) is 22.4 Å². The number of aromatic nitrogens is 1. The molecule has 0 unspecified atom stereocenters. The molecule has 6 nitrogen and oxygen atoms in total. The van der Waals surface area contributed by atoms with Crippen LogP contribution in [0.2, 0.25) is 0 Å². The van der Waals surface area contributed by atoms with Gasteiger partial charge >= 0.3 is 5.97 Å². The van der Waals surface area contributed by atoms with Crippen molar-refractivity contribution in [1.29, 1.82) is 5.26 Å². The highest BCUT2D eigenvalue weighted by atomic mass is 32.2. The summed E-state index contributed by atoms with van der Waals surface area (Å²) in [5.74, 6) is 1.26. The second kappa shape index (κ2) is 14.9. The van der Waals surface area contributed by atoms with Crippen LogP contribution in [-0.4, -0.2) is 37.5 Å². The van der Waals surface area contributed by atoms with Crippen LogP contribution in [0.15, 0.2) is 59.6 Å². The number of thioether (sulfide) groups is 1. The van der Waals surface area contributed by atoms with Gasteiger partial charge in [-0.2, -0.15) is 5.26 Å². The van der Waals surface area contributed by atoms with E-state index in [1.807, 2.05) is 54.6 Å². The SMILES string of the molecule is CCCCCCCCOC(=O)CSc1nc(-c2ccc(OC)cc2)cc(-c2ccc(OC)cc2)c1C#N. The van der Waals surface area contributed by atoms with Crippen molar-refractivity contribution in [2.45, 2.75) is 50.5 Å². The lowest BCUT2D eigenvalue weighted by molar-refractivity contribution is -0.140. The molecule has 1 aromatic heterocycles. The molecule has 0 aliphatic rings. The highest BCUT2D eigenvalue weighted by Gasteiger charge is 2.17. The summed E-state index contributed by atoms with van der Waals surface area (Å²) in [5, 5.41) is 10.6. The average molecular weight is 519 g/mol. The molecule has 0 bridgehead atoms. The molecule has 1 heterocycles. The molecule has 0 N–H and O–H groups in total. The quantitative estimate of drug-likeness (QED) is 0.126. The van der Waals surface area contributed by atoms with Crippen LogP contribution in [0.1, 0.15) is 51.0 Å². The number of hydrogen-bond donors (Lipinski definition) is 0. The van der Waals surface area contributed by atoms with Crippen molar-refractivity contribution < 1.29 is 19.0 Å². The average Bonchev–Trinajstić information content (AvgIpc) is 2.95. The van der Waals surface area contributed by atoms with Crippen molar-refractivity contribution in [1.82, 2.24) is 4.98 Å². The second-order valence-corrected chi connectivity index (χ2v) is 9.54. The smallest absolute Gasteiger partial charge is 0.316 e. The Balaban J connectivity index is 1.81. The molecule has 37 heavy (non-hydrogen) atoms. The monoisotopic (exact) mass is 518 g/mol. The third kappa shape index (κ3) is 8.26. The van der Waals surface area contributed by atoms with Gasteiger partial charge in [-0.3, -0.25) is 4.79 Å². The first-order chi connectivity index (χ1) is 18.1. The number of methoxy groups -OCH3 is 2.